The van der Waals surface area contributed by atoms with E-state index in [0.717, 1.165) is 30.8 Å². The Morgan fingerprint density at radius 2 is 2.03 bits per heavy atom. The van der Waals surface area contributed by atoms with Gasteiger partial charge in [0.1, 0.15) is 12.3 Å². The van der Waals surface area contributed by atoms with Crippen molar-refractivity contribution >= 4 is 52.9 Å². The lowest BCUT2D eigenvalue weighted by Gasteiger charge is -2.14. The number of aliphatic imine (C=N–C) groups is 1. The molecule has 1 aromatic heterocycles. The minimum absolute atomic E-state index is 0. The number of carbonyl (C=O) groups excluding carboxylic acids is 1. The average Bonchev–Trinajstić information content (AvgIpc) is 3.23. The fourth-order valence-electron chi connectivity index (χ4n) is 2.38. The summed E-state index contributed by atoms with van der Waals surface area (Å²) in [5.74, 6) is 1.28. The summed E-state index contributed by atoms with van der Waals surface area (Å²) in [4.78, 5) is 19.2. The summed E-state index contributed by atoms with van der Waals surface area (Å²) in [7, 11) is 5.12. The fourth-order valence-corrected chi connectivity index (χ4v) is 3.09. The summed E-state index contributed by atoms with van der Waals surface area (Å²) < 4.78 is 10.8. The van der Waals surface area contributed by atoms with Crippen LogP contribution in [0.1, 0.15) is 11.3 Å². The molecule has 0 aliphatic heterocycles. The van der Waals surface area contributed by atoms with Gasteiger partial charge in [-0.2, -0.15) is 0 Å². The quantitative estimate of drug-likeness (QED) is 0.196. The number of rotatable bonds is 11. The number of hydrogen-bond donors (Lipinski definition) is 2. The van der Waals surface area contributed by atoms with E-state index in [9.17, 15) is 4.79 Å². The molecule has 0 fully saturated rings. The van der Waals surface area contributed by atoms with E-state index >= 15 is 0 Å². The molecule has 0 aliphatic carbocycles. The van der Waals surface area contributed by atoms with Gasteiger partial charge < -0.3 is 25.0 Å². The van der Waals surface area contributed by atoms with Gasteiger partial charge >= 0.3 is 0 Å². The van der Waals surface area contributed by atoms with Crippen molar-refractivity contribution in [2.24, 2.45) is 4.99 Å². The van der Waals surface area contributed by atoms with Crippen LogP contribution in [-0.2, 0) is 16.0 Å². The largest absolute Gasteiger partial charge is 0.493 e. The summed E-state index contributed by atoms with van der Waals surface area (Å²) >= 11 is 1.73. The molecule has 0 radical (unpaired) electrons. The summed E-state index contributed by atoms with van der Waals surface area (Å²) in [5.41, 5.74) is 0.842. The van der Waals surface area contributed by atoms with Crippen LogP contribution in [0.5, 0.6) is 5.75 Å². The van der Waals surface area contributed by atoms with E-state index in [4.69, 9.17) is 9.47 Å². The van der Waals surface area contributed by atoms with Crippen LogP contribution in [-0.4, -0.2) is 64.3 Å². The monoisotopic (exact) mass is 546 g/mol. The van der Waals surface area contributed by atoms with Crippen LogP contribution in [0.15, 0.2) is 46.8 Å². The predicted molar refractivity (Wildman–Crippen MR) is 134 cm³/mol. The number of guanidine groups is 1. The number of carbonyl (C=O) groups is 1. The first-order valence-electron chi connectivity index (χ1n) is 9.58. The van der Waals surface area contributed by atoms with Gasteiger partial charge in [-0.1, -0.05) is 12.1 Å². The van der Waals surface area contributed by atoms with Crippen molar-refractivity contribution in [1.29, 1.82) is 0 Å². The van der Waals surface area contributed by atoms with E-state index in [0.29, 0.717) is 19.2 Å². The molecular weight excluding hydrogens is 515 g/mol. The summed E-state index contributed by atoms with van der Waals surface area (Å²) in [6, 6.07) is 11.8. The molecule has 2 N–H and O–H groups in total. The van der Waals surface area contributed by atoms with Gasteiger partial charge in [-0.15, -0.1) is 35.3 Å². The molecule has 0 aliphatic rings. The Kier molecular flexibility index (Phi) is 13.1. The van der Waals surface area contributed by atoms with Crippen molar-refractivity contribution in [1.82, 2.24) is 10.2 Å². The van der Waals surface area contributed by atoms with Crippen LogP contribution in [0.25, 0.3) is 0 Å². The third-order valence-corrected chi connectivity index (χ3v) is 4.91. The van der Waals surface area contributed by atoms with Gasteiger partial charge in [-0.25, -0.2) is 4.99 Å². The zero-order valence-electron chi connectivity index (χ0n) is 17.7. The van der Waals surface area contributed by atoms with Crippen molar-refractivity contribution in [3.05, 3.63) is 46.7 Å². The van der Waals surface area contributed by atoms with Crippen molar-refractivity contribution in [3.63, 3.8) is 0 Å². The number of amides is 1. The maximum atomic E-state index is 11.9. The molecule has 166 valence electrons. The SMILES string of the molecule is COCCCOc1cccc(NC(=NCC(=O)N(C)C)NCCc2cccs2)c1.I. The van der Waals surface area contributed by atoms with E-state index in [1.807, 2.05) is 30.3 Å². The molecule has 0 bridgehead atoms. The van der Waals surface area contributed by atoms with Gasteiger partial charge in [0.2, 0.25) is 5.91 Å². The number of ether oxygens (including phenoxy) is 2. The Bertz CT molecular complexity index is 769. The number of anilines is 1. The normalized spacial score (nSPS) is 10.8. The molecule has 1 heterocycles. The second kappa shape index (κ2) is 15.0. The first kappa shape index (κ1) is 26.2. The van der Waals surface area contributed by atoms with Crippen LogP contribution < -0.4 is 15.4 Å². The number of halogens is 1. The zero-order valence-corrected chi connectivity index (χ0v) is 20.9. The molecule has 0 atom stereocenters. The van der Waals surface area contributed by atoms with E-state index < -0.39 is 0 Å². The number of benzene rings is 1. The van der Waals surface area contributed by atoms with E-state index in [2.05, 4.69) is 27.1 Å². The number of hydrogen-bond acceptors (Lipinski definition) is 5. The molecule has 2 rings (SSSR count). The van der Waals surface area contributed by atoms with Gasteiger partial charge in [0, 0.05) is 57.4 Å². The Morgan fingerprint density at radius 1 is 1.20 bits per heavy atom. The molecule has 0 spiro atoms. The van der Waals surface area contributed by atoms with E-state index in [1.54, 1.807) is 32.5 Å². The van der Waals surface area contributed by atoms with Gasteiger partial charge in [-0.3, -0.25) is 4.79 Å². The highest BCUT2D eigenvalue weighted by Crippen LogP contribution is 2.17. The third-order valence-electron chi connectivity index (χ3n) is 3.97. The molecular formula is C21H31IN4O3S. The first-order chi connectivity index (χ1) is 14.1. The predicted octanol–water partition coefficient (Wildman–Crippen LogP) is 3.47. The second-order valence-electron chi connectivity index (χ2n) is 6.56. The lowest BCUT2D eigenvalue weighted by molar-refractivity contribution is -0.127. The fraction of sp³-hybridized carbons (Fsp3) is 0.429. The molecule has 0 saturated carbocycles. The molecule has 0 unspecified atom stereocenters. The molecule has 1 aromatic carbocycles. The molecule has 2 aromatic rings. The van der Waals surface area contributed by atoms with Crippen LogP contribution in [0.3, 0.4) is 0 Å². The highest BCUT2D eigenvalue weighted by molar-refractivity contribution is 14.0. The highest BCUT2D eigenvalue weighted by atomic mass is 127. The lowest BCUT2D eigenvalue weighted by atomic mass is 10.3. The van der Waals surface area contributed by atoms with Crippen molar-refractivity contribution in [2.75, 3.05) is 52.8 Å². The smallest absolute Gasteiger partial charge is 0.243 e. The Morgan fingerprint density at radius 3 is 2.73 bits per heavy atom. The molecule has 7 nitrogen and oxygen atoms in total. The van der Waals surface area contributed by atoms with Crippen molar-refractivity contribution in [3.8, 4) is 5.75 Å². The number of methoxy groups -OCH3 is 1. The Hall–Kier alpha value is -1.85. The third kappa shape index (κ3) is 10.3. The average molecular weight is 546 g/mol. The van der Waals surface area contributed by atoms with Gasteiger partial charge in [0.25, 0.3) is 0 Å². The second-order valence-corrected chi connectivity index (χ2v) is 7.59. The minimum atomic E-state index is -0.0559. The maximum absolute atomic E-state index is 11.9. The lowest BCUT2D eigenvalue weighted by Crippen LogP contribution is -2.34. The van der Waals surface area contributed by atoms with Crippen LogP contribution >= 0.6 is 35.3 Å². The maximum Gasteiger partial charge on any atom is 0.243 e. The molecule has 0 saturated heterocycles. The molecule has 9 heteroatoms. The minimum Gasteiger partial charge on any atom is -0.493 e. The Balaban J connectivity index is 0.00000450. The standard InChI is InChI=1S/C21H30N4O3S.HI/c1-25(2)20(26)16-23-21(22-11-10-19-9-5-14-29-19)24-17-7-4-8-18(15-17)28-13-6-12-27-3;/h4-5,7-9,14-15H,6,10-13,16H2,1-3H3,(H2,22,23,24);1H. The number of likely N-dealkylation sites (N-methyl/N-ethyl adjacent to an activating group) is 1. The van der Waals surface area contributed by atoms with Crippen LogP contribution in [0, 0.1) is 0 Å². The number of nitrogens with one attached hydrogen (secondary N) is 2. The van der Waals surface area contributed by atoms with E-state index in [-0.39, 0.29) is 36.4 Å². The molecule has 1 amide bonds. The first-order valence-corrected chi connectivity index (χ1v) is 10.5. The van der Waals surface area contributed by atoms with Crippen molar-refractivity contribution in [2.45, 2.75) is 12.8 Å². The summed E-state index contributed by atoms with van der Waals surface area (Å²) in [6.07, 6.45) is 1.72. The van der Waals surface area contributed by atoms with Crippen LogP contribution in [0.2, 0.25) is 0 Å². The number of nitrogens with zero attached hydrogens (tertiary/aromatic N) is 2. The summed E-state index contributed by atoms with van der Waals surface area (Å²) in [5, 5.41) is 8.63. The van der Waals surface area contributed by atoms with Crippen LogP contribution in [0.4, 0.5) is 5.69 Å². The highest BCUT2D eigenvalue weighted by Gasteiger charge is 2.06. The Labute approximate surface area is 199 Å². The zero-order chi connectivity index (χ0) is 20.9. The number of thiophene rings is 1. The molecule has 30 heavy (non-hydrogen) atoms. The van der Waals surface area contributed by atoms with Gasteiger partial charge in [0.05, 0.1) is 6.61 Å². The summed E-state index contributed by atoms with van der Waals surface area (Å²) in [6.45, 7) is 2.06. The topological polar surface area (TPSA) is 75.2 Å². The van der Waals surface area contributed by atoms with Gasteiger partial charge in [0.15, 0.2) is 5.96 Å². The van der Waals surface area contributed by atoms with Gasteiger partial charge in [-0.05, 0) is 30.0 Å². The van der Waals surface area contributed by atoms with E-state index in [1.165, 1.54) is 9.78 Å². The van der Waals surface area contributed by atoms with Crippen molar-refractivity contribution < 1.29 is 14.3 Å².